The molecular weight excluding hydrogens is 347 g/mol. The van der Waals surface area contributed by atoms with Crippen LogP contribution in [0.1, 0.15) is 20.7 Å². The van der Waals surface area contributed by atoms with Gasteiger partial charge in [-0.1, -0.05) is 24.3 Å². The third-order valence-electron chi connectivity index (χ3n) is 3.83. The molecular formula is C21H17FN2O3. The summed E-state index contributed by atoms with van der Waals surface area (Å²) in [6.45, 7) is 0. The normalized spacial score (nSPS) is 10.1. The molecule has 0 bridgehead atoms. The van der Waals surface area contributed by atoms with E-state index in [-0.39, 0.29) is 11.5 Å². The molecule has 0 unspecified atom stereocenters. The van der Waals surface area contributed by atoms with Gasteiger partial charge in [-0.2, -0.15) is 0 Å². The van der Waals surface area contributed by atoms with Crippen LogP contribution in [-0.2, 0) is 0 Å². The maximum atomic E-state index is 13.3. The first-order chi connectivity index (χ1) is 13.1. The molecule has 3 rings (SSSR count). The highest BCUT2D eigenvalue weighted by molar-refractivity contribution is 6.08. The maximum absolute atomic E-state index is 13.3. The number of halogens is 1. The summed E-state index contributed by atoms with van der Waals surface area (Å²) in [7, 11) is 1.46. The van der Waals surface area contributed by atoms with Crippen LogP contribution in [0.4, 0.5) is 15.8 Å². The van der Waals surface area contributed by atoms with Crippen LogP contribution in [0.15, 0.2) is 72.8 Å². The average molecular weight is 364 g/mol. The Morgan fingerprint density at radius 1 is 0.815 bits per heavy atom. The van der Waals surface area contributed by atoms with E-state index in [4.69, 9.17) is 4.74 Å². The highest BCUT2D eigenvalue weighted by atomic mass is 19.1. The Bertz CT molecular complexity index is 974. The molecule has 3 aromatic carbocycles. The topological polar surface area (TPSA) is 67.4 Å². The number of methoxy groups -OCH3 is 1. The number of rotatable bonds is 5. The average Bonchev–Trinajstić information content (AvgIpc) is 2.68. The zero-order valence-corrected chi connectivity index (χ0v) is 14.5. The fourth-order valence-electron chi connectivity index (χ4n) is 2.50. The Morgan fingerprint density at radius 2 is 1.52 bits per heavy atom. The fraction of sp³-hybridized carbons (Fsp3) is 0.0476. The Morgan fingerprint density at radius 3 is 2.22 bits per heavy atom. The van der Waals surface area contributed by atoms with Crippen molar-refractivity contribution in [3.63, 3.8) is 0 Å². The number of nitrogens with one attached hydrogen (secondary N) is 2. The second kappa shape index (κ2) is 8.14. The van der Waals surface area contributed by atoms with Crippen molar-refractivity contribution in [3.8, 4) is 5.75 Å². The zero-order chi connectivity index (χ0) is 19.2. The first-order valence-electron chi connectivity index (χ1n) is 8.18. The monoisotopic (exact) mass is 364 g/mol. The lowest BCUT2D eigenvalue weighted by Gasteiger charge is -2.12. The van der Waals surface area contributed by atoms with Gasteiger partial charge in [-0.05, 0) is 48.5 Å². The summed E-state index contributed by atoms with van der Waals surface area (Å²) in [6, 6.07) is 19.0. The summed E-state index contributed by atoms with van der Waals surface area (Å²) in [5.74, 6) is -0.958. The van der Waals surface area contributed by atoms with E-state index in [1.807, 2.05) is 18.2 Å². The Balaban J connectivity index is 1.83. The van der Waals surface area contributed by atoms with Crippen molar-refractivity contribution < 1.29 is 18.7 Å². The summed E-state index contributed by atoms with van der Waals surface area (Å²) < 4.78 is 18.6. The van der Waals surface area contributed by atoms with Gasteiger partial charge in [-0.25, -0.2) is 4.39 Å². The van der Waals surface area contributed by atoms with Gasteiger partial charge >= 0.3 is 0 Å². The minimum absolute atomic E-state index is 0.163. The molecule has 0 aromatic heterocycles. The number of para-hydroxylation sites is 1. The predicted molar refractivity (Wildman–Crippen MR) is 102 cm³/mol. The molecule has 2 amide bonds. The molecule has 0 aliphatic carbocycles. The lowest BCUT2D eigenvalue weighted by molar-refractivity contribution is 0.101. The second-order valence-electron chi connectivity index (χ2n) is 5.70. The maximum Gasteiger partial charge on any atom is 0.255 e. The number of amides is 2. The number of hydrogen-bond acceptors (Lipinski definition) is 3. The molecule has 0 fully saturated rings. The van der Waals surface area contributed by atoms with Crippen molar-refractivity contribution >= 4 is 23.2 Å². The van der Waals surface area contributed by atoms with Gasteiger partial charge in [-0.15, -0.1) is 0 Å². The van der Waals surface area contributed by atoms with E-state index in [9.17, 15) is 14.0 Å². The van der Waals surface area contributed by atoms with Gasteiger partial charge in [0.2, 0.25) is 0 Å². The van der Waals surface area contributed by atoms with Crippen molar-refractivity contribution in [2.75, 3.05) is 17.7 Å². The summed E-state index contributed by atoms with van der Waals surface area (Å²) >= 11 is 0. The largest absolute Gasteiger partial charge is 0.495 e. The molecule has 0 heterocycles. The van der Waals surface area contributed by atoms with Gasteiger partial charge < -0.3 is 15.4 Å². The van der Waals surface area contributed by atoms with E-state index in [1.165, 1.54) is 31.4 Å². The van der Waals surface area contributed by atoms with Gasteiger partial charge in [-0.3, -0.25) is 9.59 Å². The number of benzene rings is 3. The van der Waals surface area contributed by atoms with Crippen LogP contribution in [0, 0.1) is 5.82 Å². The molecule has 0 saturated carbocycles. The van der Waals surface area contributed by atoms with E-state index in [0.29, 0.717) is 22.7 Å². The van der Waals surface area contributed by atoms with Crippen LogP contribution in [0.2, 0.25) is 0 Å². The van der Waals surface area contributed by atoms with Crippen LogP contribution in [0.25, 0.3) is 0 Å². The lowest BCUT2D eigenvalue weighted by atomic mass is 10.1. The molecule has 0 spiro atoms. The van der Waals surface area contributed by atoms with Gasteiger partial charge in [0.1, 0.15) is 11.6 Å². The molecule has 0 aliphatic rings. The SMILES string of the molecule is COc1ccc(C(=O)Nc2ccccc2)cc1NC(=O)c1cccc(F)c1. The Kier molecular flexibility index (Phi) is 5.47. The van der Waals surface area contributed by atoms with Gasteiger partial charge in [0.05, 0.1) is 12.8 Å². The molecule has 6 heteroatoms. The van der Waals surface area contributed by atoms with E-state index in [0.717, 1.165) is 6.07 Å². The molecule has 0 aliphatic heterocycles. The molecule has 0 radical (unpaired) electrons. The number of hydrogen-bond donors (Lipinski definition) is 2. The zero-order valence-electron chi connectivity index (χ0n) is 14.5. The van der Waals surface area contributed by atoms with Crippen molar-refractivity contribution in [2.24, 2.45) is 0 Å². The van der Waals surface area contributed by atoms with E-state index in [1.54, 1.807) is 24.3 Å². The molecule has 27 heavy (non-hydrogen) atoms. The fourth-order valence-corrected chi connectivity index (χ4v) is 2.50. The van der Waals surface area contributed by atoms with Crippen molar-refractivity contribution in [1.29, 1.82) is 0 Å². The smallest absolute Gasteiger partial charge is 0.255 e. The summed E-state index contributed by atoms with van der Waals surface area (Å²) in [4.78, 5) is 24.8. The predicted octanol–water partition coefficient (Wildman–Crippen LogP) is 4.34. The highest BCUT2D eigenvalue weighted by Gasteiger charge is 2.14. The quantitative estimate of drug-likeness (QED) is 0.708. The number of carbonyl (C=O) groups excluding carboxylic acids is 2. The molecule has 0 saturated heterocycles. The molecule has 2 N–H and O–H groups in total. The van der Waals surface area contributed by atoms with Gasteiger partial charge in [0, 0.05) is 16.8 Å². The van der Waals surface area contributed by atoms with E-state index in [2.05, 4.69) is 10.6 Å². The minimum Gasteiger partial charge on any atom is -0.495 e. The van der Waals surface area contributed by atoms with Crippen LogP contribution in [0.3, 0.4) is 0 Å². The van der Waals surface area contributed by atoms with Crippen molar-refractivity contribution in [2.45, 2.75) is 0 Å². The van der Waals surface area contributed by atoms with E-state index < -0.39 is 11.7 Å². The van der Waals surface area contributed by atoms with Crippen molar-refractivity contribution in [3.05, 3.63) is 89.7 Å². The number of anilines is 2. The third-order valence-corrected chi connectivity index (χ3v) is 3.83. The summed E-state index contributed by atoms with van der Waals surface area (Å²) in [5, 5.41) is 5.43. The summed E-state index contributed by atoms with van der Waals surface area (Å²) in [5.41, 5.74) is 1.47. The molecule has 136 valence electrons. The van der Waals surface area contributed by atoms with Gasteiger partial charge in [0.15, 0.2) is 0 Å². The first-order valence-corrected chi connectivity index (χ1v) is 8.18. The minimum atomic E-state index is -0.509. The van der Waals surface area contributed by atoms with Crippen LogP contribution >= 0.6 is 0 Å². The highest BCUT2D eigenvalue weighted by Crippen LogP contribution is 2.26. The standard InChI is InChI=1S/C21H17FN2O3/c1-27-19-11-10-15(20(25)23-17-8-3-2-4-9-17)13-18(19)24-21(26)14-6-5-7-16(22)12-14/h2-13H,1H3,(H,23,25)(H,24,26). The van der Waals surface area contributed by atoms with Gasteiger partial charge in [0.25, 0.3) is 11.8 Å². The molecule has 3 aromatic rings. The van der Waals surface area contributed by atoms with Crippen LogP contribution < -0.4 is 15.4 Å². The third kappa shape index (κ3) is 4.49. The van der Waals surface area contributed by atoms with Crippen molar-refractivity contribution in [1.82, 2.24) is 0 Å². The summed E-state index contributed by atoms with van der Waals surface area (Å²) in [6.07, 6.45) is 0. The van der Waals surface area contributed by atoms with Crippen LogP contribution in [0.5, 0.6) is 5.75 Å². The number of carbonyl (C=O) groups is 2. The lowest BCUT2D eigenvalue weighted by Crippen LogP contribution is -2.15. The Hall–Kier alpha value is -3.67. The van der Waals surface area contributed by atoms with E-state index >= 15 is 0 Å². The Labute approximate surface area is 155 Å². The molecule has 0 atom stereocenters. The molecule has 5 nitrogen and oxygen atoms in total. The first kappa shape index (κ1) is 18.1. The second-order valence-corrected chi connectivity index (χ2v) is 5.70. The number of ether oxygens (including phenoxy) is 1. The van der Waals surface area contributed by atoms with Crippen LogP contribution in [-0.4, -0.2) is 18.9 Å².